The van der Waals surface area contributed by atoms with Crippen LogP contribution in [0.5, 0.6) is 0 Å². The first-order valence-electron chi connectivity index (χ1n) is 6.24. The number of para-hydroxylation sites is 1. The molecule has 0 bridgehead atoms. The molecule has 0 amide bonds. The quantitative estimate of drug-likeness (QED) is 0.644. The zero-order valence-corrected chi connectivity index (χ0v) is 10.5. The third-order valence-electron chi connectivity index (χ3n) is 3.33. The number of benzene rings is 1. The Morgan fingerprint density at radius 3 is 3.06 bits per heavy atom. The normalized spacial score (nSPS) is 18.8. The maximum Gasteiger partial charge on any atom is 0.292 e. The van der Waals surface area contributed by atoms with Gasteiger partial charge in [0, 0.05) is 25.8 Å². The molecule has 1 aromatic carbocycles. The number of aryl methyl sites for hydroxylation is 1. The van der Waals surface area contributed by atoms with Gasteiger partial charge in [-0.1, -0.05) is 12.1 Å². The molecule has 0 spiro atoms. The molecule has 0 aliphatic carbocycles. The van der Waals surface area contributed by atoms with Gasteiger partial charge in [0.15, 0.2) is 0 Å². The molecule has 98 valence electrons. The SMILES string of the molecule is Cc1cccc([N+](=O)[O-])c1NCCC1CCOC1. The molecular weight excluding hydrogens is 232 g/mol. The van der Waals surface area contributed by atoms with Crippen molar-refractivity contribution in [2.75, 3.05) is 25.1 Å². The van der Waals surface area contributed by atoms with Crippen LogP contribution in [0.2, 0.25) is 0 Å². The highest BCUT2D eigenvalue weighted by Crippen LogP contribution is 2.28. The fourth-order valence-electron chi connectivity index (χ4n) is 2.25. The highest BCUT2D eigenvalue weighted by molar-refractivity contribution is 5.65. The summed E-state index contributed by atoms with van der Waals surface area (Å²) in [6.45, 7) is 4.29. The predicted octanol–water partition coefficient (Wildman–Crippen LogP) is 2.74. The highest BCUT2D eigenvalue weighted by atomic mass is 16.6. The van der Waals surface area contributed by atoms with Crippen molar-refractivity contribution in [3.63, 3.8) is 0 Å². The lowest BCUT2D eigenvalue weighted by molar-refractivity contribution is -0.384. The molecule has 1 aromatic rings. The molecule has 1 unspecified atom stereocenters. The van der Waals surface area contributed by atoms with Crippen molar-refractivity contribution in [1.29, 1.82) is 0 Å². The molecule has 0 saturated carbocycles. The number of anilines is 1. The third kappa shape index (κ3) is 2.98. The van der Waals surface area contributed by atoms with E-state index in [4.69, 9.17) is 4.74 Å². The lowest BCUT2D eigenvalue weighted by Gasteiger charge is -2.12. The van der Waals surface area contributed by atoms with E-state index in [-0.39, 0.29) is 10.6 Å². The van der Waals surface area contributed by atoms with E-state index in [1.165, 1.54) is 6.07 Å². The smallest absolute Gasteiger partial charge is 0.292 e. The van der Waals surface area contributed by atoms with E-state index in [2.05, 4.69) is 5.32 Å². The van der Waals surface area contributed by atoms with Crippen molar-refractivity contribution in [3.8, 4) is 0 Å². The summed E-state index contributed by atoms with van der Waals surface area (Å²) in [5, 5.41) is 14.1. The van der Waals surface area contributed by atoms with Gasteiger partial charge in [-0.25, -0.2) is 0 Å². The minimum atomic E-state index is -0.339. The Bertz CT molecular complexity index is 428. The second-order valence-electron chi connectivity index (χ2n) is 4.67. The minimum absolute atomic E-state index is 0.151. The Balaban J connectivity index is 1.97. The molecule has 2 rings (SSSR count). The lowest BCUT2D eigenvalue weighted by Crippen LogP contribution is -2.11. The van der Waals surface area contributed by atoms with Gasteiger partial charge in [-0.15, -0.1) is 0 Å². The second kappa shape index (κ2) is 5.82. The Labute approximate surface area is 106 Å². The number of hydrogen-bond acceptors (Lipinski definition) is 4. The number of nitrogens with one attached hydrogen (secondary N) is 1. The van der Waals surface area contributed by atoms with E-state index in [1.54, 1.807) is 6.07 Å². The Hall–Kier alpha value is -1.62. The van der Waals surface area contributed by atoms with Crippen molar-refractivity contribution in [1.82, 2.24) is 0 Å². The molecule has 5 nitrogen and oxygen atoms in total. The second-order valence-corrected chi connectivity index (χ2v) is 4.67. The van der Waals surface area contributed by atoms with E-state index < -0.39 is 0 Å². The summed E-state index contributed by atoms with van der Waals surface area (Å²) >= 11 is 0. The summed E-state index contributed by atoms with van der Waals surface area (Å²) in [5.74, 6) is 0.584. The molecule has 1 aliphatic heterocycles. The topological polar surface area (TPSA) is 64.4 Å². The maximum atomic E-state index is 10.9. The van der Waals surface area contributed by atoms with Gasteiger partial charge in [0.05, 0.1) is 4.92 Å². The molecule has 0 radical (unpaired) electrons. The van der Waals surface area contributed by atoms with E-state index in [9.17, 15) is 10.1 Å². The fraction of sp³-hybridized carbons (Fsp3) is 0.538. The molecule has 1 atom stereocenters. The highest BCUT2D eigenvalue weighted by Gasteiger charge is 2.17. The number of nitro groups is 1. The van der Waals surface area contributed by atoms with E-state index >= 15 is 0 Å². The van der Waals surface area contributed by atoms with Crippen LogP contribution >= 0.6 is 0 Å². The van der Waals surface area contributed by atoms with Gasteiger partial charge in [-0.05, 0) is 31.2 Å². The van der Waals surface area contributed by atoms with Crippen molar-refractivity contribution in [2.45, 2.75) is 19.8 Å². The Morgan fingerprint density at radius 1 is 1.56 bits per heavy atom. The first-order chi connectivity index (χ1) is 8.68. The zero-order chi connectivity index (χ0) is 13.0. The predicted molar refractivity (Wildman–Crippen MR) is 69.9 cm³/mol. The van der Waals surface area contributed by atoms with Gasteiger partial charge in [0.2, 0.25) is 0 Å². The van der Waals surface area contributed by atoms with E-state index in [0.717, 1.165) is 38.2 Å². The van der Waals surface area contributed by atoms with E-state index in [1.807, 2.05) is 13.0 Å². The molecule has 18 heavy (non-hydrogen) atoms. The molecule has 1 aliphatic rings. The van der Waals surface area contributed by atoms with Crippen LogP contribution in [-0.4, -0.2) is 24.7 Å². The standard InChI is InChI=1S/C13H18N2O3/c1-10-3-2-4-12(15(16)17)13(10)14-7-5-11-6-8-18-9-11/h2-4,11,14H,5-9H2,1H3. The first kappa shape index (κ1) is 12.8. The molecule has 1 heterocycles. The van der Waals surface area contributed by atoms with Crippen LogP contribution in [0.25, 0.3) is 0 Å². The molecule has 1 fully saturated rings. The lowest BCUT2D eigenvalue weighted by atomic mass is 10.1. The summed E-state index contributed by atoms with van der Waals surface area (Å²) < 4.78 is 5.31. The van der Waals surface area contributed by atoms with E-state index in [0.29, 0.717) is 11.6 Å². The van der Waals surface area contributed by atoms with Crippen LogP contribution in [-0.2, 0) is 4.74 Å². The molecule has 1 saturated heterocycles. The summed E-state index contributed by atoms with van der Waals surface area (Å²) in [5.41, 5.74) is 1.70. The van der Waals surface area contributed by atoms with Crippen LogP contribution in [0.4, 0.5) is 11.4 Å². The van der Waals surface area contributed by atoms with Gasteiger partial charge < -0.3 is 10.1 Å². The first-order valence-corrected chi connectivity index (χ1v) is 6.24. The van der Waals surface area contributed by atoms with Crippen molar-refractivity contribution < 1.29 is 9.66 Å². The minimum Gasteiger partial charge on any atom is -0.381 e. The Morgan fingerprint density at radius 2 is 2.39 bits per heavy atom. The van der Waals surface area contributed by atoms with Crippen molar-refractivity contribution >= 4 is 11.4 Å². The van der Waals surface area contributed by atoms with Crippen LogP contribution in [0.15, 0.2) is 18.2 Å². The molecule has 5 heteroatoms. The van der Waals surface area contributed by atoms with Gasteiger partial charge in [0.1, 0.15) is 5.69 Å². The van der Waals surface area contributed by atoms with Gasteiger partial charge in [0.25, 0.3) is 5.69 Å². The third-order valence-corrected chi connectivity index (χ3v) is 3.33. The molecule has 0 aromatic heterocycles. The number of nitro benzene ring substituents is 1. The van der Waals surface area contributed by atoms with Crippen LogP contribution < -0.4 is 5.32 Å². The number of ether oxygens (including phenoxy) is 1. The number of rotatable bonds is 5. The van der Waals surface area contributed by atoms with Crippen molar-refractivity contribution in [2.24, 2.45) is 5.92 Å². The maximum absolute atomic E-state index is 10.9. The van der Waals surface area contributed by atoms with Crippen molar-refractivity contribution in [3.05, 3.63) is 33.9 Å². The largest absolute Gasteiger partial charge is 0.381 e. The monoisotopic (exact) mass is 250 g/mol. The van der Waals surface area contributed by atoms with Gasteiger partial charge >= 0.3 is 0 Å². The molecule has 1 N–H and O–H groups in total. The summed E-state index contributed by atoms with van der Waals surface area (Å²) in [6.07, 6.45) is 2.09. The number of nitrogens with zero attached hydrogens (tertiary/aromatic N) is 1. The van der Waals surface area contributed by atoms with Crippen LogP contribution in [0.3, 0.4) is 0 Å². The van der Waals surface area contributed by atoms with Crippen LogP contribution in [0.1, 0.15) is 18.4 Å². The summed E-state index contributed by atoms with van der Waals surface area (Å²) in [4.78, 5) is 10.6. The molecular formula is C13H18N2O3. The average Bonchev–Trinajstić information content (AvgIpc) is 2.84. The van der Waals surface area contributed by atoms with Gasteiger partial charge in [-0.2, -0.15) is 0 Å². The van der Waals surface area contributed by atoms with Crippen LogP contribution in [0, 0.1) is 23.0 Å². The zero-order valence-electron chi connectivity index (χ0n) is 10.5. The average molecular weight is 250 g/mol. The van der Waals surface area contributed by atoms with Gasteiger partial charge in [-0.3, -0.25) is 10.1 Å². The summed E-state index contributed by atoms with van der Waals surface area (Å²) in [6, 6.07) is 5.13. The number of hydrogen-bond donors (Lipinski definition) is 1. The fourth-order valence-corrected chi connectivity index (χ4v) is 2.25. The Kier molecular flexibility index (Phi) is 4.15. The summed E-state index contributed by atoms with van der Waals surface area (Å²) in [7, 11) is 0.